The quantitative estimate of drug-likeness (QED) is 0.719. The molecule has 0 amide bonds. The van der Waals surface area contributed by atoms with Gasteiger partial charge in [-0.2, -0.15) is 0 Å². The van der Waals surface area contributed by atoms with Gasteiger partial charge < -0.3 is 15.5 Å². The summed E-state index contributed by atoms with van der Waals surface area (Å²) in [6.45, 7) is 3.94. The van der Waals surface area contributed by atoms with Gasteiger partial charge in [-0.15, -0.1) is 0 Å². The number of rotatable bonds is 4. The number of benzene rings is 1. The van der Waals surface area contributed by atoms with Gasteiger partial charge in [0.15, 0.2) is 11.5 Å². The van der Waals surface area contributed by atoms with Crippen molar-refractivity contribution in [3.05, 3.63) is 23.8 Å². The van der Waals surface area contributed by atoms with Crippen LogP contribution in [0.5, 0.6) is 11.5 Å². The predicted molar refractivity (Wildman–Crippen MR) is 72.6 cm³/mol. The van der Waals surface area contributed by atoms with Gasteiger partial charge >= 0.3 is 0 Å². The van der Waals surface area contributed by atoms with Crippen LogP contribution in [0, 0.1) is 11.8 Å². The summed E-state index contributed by atoms with van der Waals surface area (Å²) in [5.41, 5.74) is 0.762. The molecule has 18 heavy (non-hydrogen) atoms. The summed E-state index contributed by atoms with van der Waals surface area (Å²) in [7, 11) is 0. The van der Waals surface area contributed by atoms with E-state index < -0.39 is 0 Å². The number of nitrogens with one attached hydrogen (secondary N) is 1. The van der Waals surface area contributed by atoms with Gasteiger partial charge in [-0.25, -0.2) is 0 Å². The first-order valence-corrected chi connectivity index (χ1v) is 6.89. The Balaban J connectivity index is 1.83. The van der Waals surface area contributed by atoms with Crippen LogP contribution in [0.2, 0.25) is 0 Å². The third kappa shape index (κ3) is 3.16. The largest absolute Gasteiger partial charge is 0.504 e. The summed E-state index contributed by atoms with van der Waals surface area (Å²) in [4.78, 5) is 0. The van der Waals surface area contributed by atoms with Crippen molar-refractivity contribution in [1.29, 1.82) is 0 Å². The summed E-state index contributed by atoms with van der Waals surface area (Å²) < 4.78 is 0. The van der Waals surface area contributed by atoms with Crippen molar-refractivity contribution in [2.45, 2.75) is 39.2 Å². The zero-order valence-electron chi connectivity index (χ0n) is 11.0. The topological polar surface area (TPSA) is 52.5 Å². The molecule has 1 aliphatic carbocycles. The summed E-state index contributed by atoms with van der Waals surface area (Å²) in [6.07, 6.45) is 5.35. The zero-order chi connectivity index (χ0) is 13.0. The van der Waals surface area contributed by atoms with E-state index in [0.717, 1.165) is 23.9 Å². The van der Waals surface area contributed by atoms with Crippen molar-refractivity contribution in [1.82, 2.24) is 5.32 Å². The number of aromatic hydroxyl groups is 2. The number of phenols is 2. The molecule has 1 aromatic rings. The Labute approximate surface area is 109 Å². The van der Waals surface area contributed by atoms with Crippen molar-refractivity contribution < 1.29 is 10.2 Å². The molecule has 3 nitrogen and oxygen atoms in total. The van der Waals surface area contributed by atoms with Crippen LogP contribution in [0.15, 0.2) is 18.2 Å². The highest BCUT2D eigenvalue weighted by Gasteiger charge is 2.20. The molecule has 0 saturated heterocycles. The fourth-order valence-electron chi connectivity index (χ4n) is 2.81. The monoisotopic (exact) mass is 249 g/mol. The second-order valence-electron chi connectivity index (χ2n) is 5.44. The highest BCUT2D eigenvalue weighted by atomic mass is 16.3. The molecule has 2 atom stereocenters. The second kappa shape index (κ2) is 6.10. The molecule has 3 heteroatoms. The molecule has 100 valence electrons. The van der Waals surface area contributed by atoms with E-state index in [2.05, 4.69) is 12.2 Å². The van der Waals surface area contributed by atoms with E-state index >= 15 is 0 Å². The maximum absolute atomic E-state index is 9.70. The number of hydrogen-bond acceptors (Lipinski definition) is 3. The summed E-state index contributed by atoms with van der Waals surface area (Å²) in [5, 5.41) is 22.5. The summed E-state index contributed by atoms with van der Waals surface area (Å²) >= 11 is 0. The number of para-hydroxylation sites is 1. The molecule has 1 aromatic carbocycles. The first kappa shape index (κ1) is 13.2. The van der Waals surface area contributed by atoms with Crippen LogP contribution in [0.25, 0.3) is 0 Å². The maximum atomic E-state index is 9.70. The average Bonchev–Trinajstić information content (AvgIpc) is 2.37. The van der Waals surface area contributed by atoms with Gasteiger partial charge in [0, 0.05) is 12.1 Å². The van der Waals surface area contributed by atoms with Crippen LogP contribution in [0.1, 0.15) is 38.2 Å². The van der Waals surface area contributed by atoms with Gasteiger partial charge in [-0.1, -0.05) is 38.3 Å². The molecule has 0 aromatic heterocycles. The van der Waals surface area contributed by atoms with E-state index in [0.29, 0.717) is 6.54 Å². The molecule has 0 aliphatic heterocycles. The zero-order valence-corrected chi connectivity index (χ0v) is 11.0. The van der Waals surface area contributed by atoms with Crippen LogP contribution in [0.3, 0.4) is 0 Å². The molecule has 3 N–H and O–H groups in total. The van der Waals surface area contributed by atoms with Gasteiger partial charge in [0.25, 0.3) is 0 Å². The normalized spacial score (nSPS) is 24.1. The van der Waals surface area contributed by atoms with Gasteiger partial charge in [0.05, 0.1) is 0 Å². The Morgan fingerprint density at radius 1 is 1.22 bits per heavy atom. The number of hydrogen-bond donors (Lipinski definition) is 3. The Morgan fingerprint density at radius 2 is 2.00 bits per heavy atom. The lowest BCUT2D eigenvalue weighted by Crippen LogP contribution is -2.29. The Kier molecular flexibility index (Phi) is 4.48. The highest BCUT2D eigenvalue weighted by molar-refractivity contribution is 5.44. The highest BCUT2D eigenvalue weighted by Crippen LogP contribution is 2.30. The lowest BCUT2D eigenvalue weighted by molar-refractivity contribution is 0.247. The molecule has 2 unspecified atom stereocenters. The first-order chi connectivity index (χ1) is 8.68. The lowest BCUT2D eigenvalue weighted by atomic mass is 9.80. The predicted octanol–water partition coefficient (Wildman–Crippen LogP) is 3.01. The van der Waals surface area contributed by atoms with Crippen molar-refractivity contribution >= 4 is 0 Å². The average molecular weight is 249 g/mol. The van der Waals surface area contributed by atoms with Crippen molar-refractivity contribution in [2.75, 3.05) is 6.54 Å². The van der Waals surface area contributed by atoms with Crippen LogP contribution in [0.4, 0.5) is 0 Å². The molecule has 0 bridgehead atoms. The molecule has 0 spiro atoms. The van der Waals surface area contributed by atoms with E-state index in [1.54, 1.807) is 6.07 Å². The van der Waals surface area contributed by atoms with E-state index in [-0.39, 0.29) is 11.5 Å². The maximum Gasteiger partial charge on any atom is 0.161 e. The molecule has 1 saturated carbocycles. The van der Waals surface area contributed by atoms with Crippen molar-refractivity contribution in [3.8, 4) is 11.5 Å². The molecule has 1 fully saturated rings. The molecule has 0 radical (unpaired) electrons. The van der Waals surface area contributed by atoms with Crippen LogP contribution >= 0.6 is 0 Å². The molecule has 1 aliphatic rings. The minimum Gasteiger partial charge on any atom is -0.504 e. The fraction of sp³-hybridized carbons (Fsp3) is 0.600. The SMILES string of the molecule is CC1CCCCC1CNCc1cccc(O)c1O. The van der Waals surface area contributed by atoms with E-state index in [1.807, 2.05) is 6.07 Å². The van der Waals surface area contributed by atoms with Crippen LogP contribution < -0.4 is 5.32 Å². The van der Waals surface area contributed by atoms with Crippen LogP contribution in [-0.4, -0.2) is 16.8 Å². The van der Waals surface area contributed by atoms with Crippen molar-refractivity contribution in [3.63, 3.8) is 0 Å². The Morgan fingerprint density at radius 3 is 2.78 bits per heavy atom. The smallest absolute Gasteiger partial charge is 0.161 e. The molecule has 0 heterocycles. The van der Waals surface area contributed by atoms with Gasteiger partial charge in [-0.05, 0) is 30.9 Å². The van der Waals surface area contributed by atoms with E-state index in [4.69, 9.17) is 0 Å². The van der Waals surface area contributed by atoms with Gasteiger partial charge in [-0.3, -0.25) is 0 Å². The third-order valence-corrected chi connectivity index (χ3v) is 4.11. The Bertz CT molecular complexity index is 392. The third-order valence-electron chi connectivity index (χ3n) is 4.11. The minimum absolute atomic E-state index is 0.00157. The van der Waals surface area contributed by atoms with Crippen molar-refractivity contribution in [2.24, 2.45) is 11.8 Å². The van der Waals surface area contributed by atoms with Crippen LogP contribution in [-0.2, 0) is 6.54 Å². The summed E-state index contributed by atoms with van der Waals surface area (Å²) in [5.74, 6) is 1.50. The lowest BCUT2D eigenvalue weighted by Gasteiger charge is -2.29. The standard InChI is InChI=1S/C15H23NO2/c1-11-5-2-3-6-12(11)9-16-10-13-7-4-8-14(17)15(13)18/h4,7-8,11-12,16-18H,2-3,5-6,9-10H2,1H3. The number of phenolic OH excluding ortho intramolecular Hbond substituents is 2. The van der Waals surface area contributed by atoms with Gasteiger partial charge in [0.1, 0.15) is 0 Å². The minimum atomic E-state index is -0.0414. The fourth-order valence-corrected chi connectivity index (χ4v) is 2.81. The van der Waals surface area contributed by atoms with E-state index in [9.17, 15) is 10.2 Å². The molecular formula is C15H23NO2. The van der Waals surface area contributed by atoms with E-state index in [1.165, 1.54) is 31.7 Å². The summed E-state index contributed by atoms with van der Waals surface area (Å²) in [6, 6.07) is 5.10. The first-order valence-electron chi connectivity index (χ1n) is 6.89. The molecule has 2 rings (SSSR count). The Hall–Kier alpha value is -1.22. The second-order valence-corrected chi connectivity index (χ2v) is 5.44. The molecular weight excluding hydrogens is 226 g/mol. The van der Waals surface area contributed by atoms with Gasteiger partial charge in [0.2, 0.25) is 0 Å².